The molecule has 0 unspecified atom stereocenters. The van der Waals surface area contributed by atoms with Gasteiger partial charge in [0.25, 0.3) is 0 Å². The maximum absolute atomic E-state index is 12.4. The molecule has 0 aromatic rings. The summed E-state index contributed by atoms with van der Waals surface area (Å²) in [6, 6.07) is 0. The molecule has 0 amide bonds. The summed E-state index contributed by atoms with van der Waals surface area (Å²) in [5.74, 6) is 0.475. The molecule has 100 valence electrons. The first-order valence-electron chi connectivity index (χ1n) is 7.41. The first kappa shape index (κ1) is 14.7. The van der Waals surface area contributed by atoms with Crippen LogP contribution in [0.5, 0.6) is 0 Å². The van der Waals surface area contributed by atoms with Crippen LogP contribution in [0.2, 0.25) is 0 Å². The van der Waals surface area contributed by atoms with Gasteiger partial charge in [-0.2, -0.15) is 0 Å². The molecule has 0 radical (unpaired) electrons. The highest BCUT2D eigenvalue weighted by atomic mass is 16.1. The van der Waals surface area contributed by atoms with Crippen molar-refractivity contribution in [3.63, 3.8) is 0 Å². The lowest BCUT2D eigenvalue weighted by molar-refractivity contribution is -0.133. The maximum Gasteiger partial charge on any atom is 0.139 e. The number of hydrogen-bond acceptors (Lipinski definition) is 1. The Kier molecular flexibility index (Phi) is 5.22. The Morgan fingerprint density at radius 3 is 1.82 bits per heavy atom. The van der Waals surface area contributed by atoms with E-state index in [9.17, 15) is 4.79 Å². The Bertz CT molecular complexity index is 250. The minimum atomic E-state index is -0.161. The van der Waals surface area contributed by atoms with Crippen molar-refractivity contribution in [2.75, 3.05) is 0 Å². The zero-order valence-corrected chi connectivity index (χ0v) is 12.3. The summed E-state index contributed by atoms with van der Waals surface area (Å²) < 4.78 is 0. The molecule has 1 nitrogen and oxygen atoms in total. The Balaban J connectivity index is 2.71. The van der Waals surface area contributed by atoms with E-state index in [1.54, 1.807) is 0 Å². The van der Waals surface area contributed by atoms with Crippen molar-refractivity contribution in [3.8, 4) is 0 Å². The van der Waals surface area contributed by atoms with E-state index in [2.05, 4.69) is 27.7 Å². The highest BCUT2D eigenvalue weighted by molar-refractivity contribution is 5.84. The van der Waals surface area contributed by atoms with Crippen LogP contribution < -0.4 is 0 Å². The second kappa shape index (κ2) is 6.02. The van der Waals surface area contributed by atoms with Crippen molar-refractivity contribution >= 4 is 5.78 Å². The second-order valence-electron chi connectivity index (χ2n) is 6.91. The number of rotatable bonds is 0. The predicted molar refractivity (Wildman–Crippen MR) is 74.1 cm³/mol. The molecular weight excluding hydrogens is 208 g/mol. The molecule has 1 rings (SSSR count). The number of carbonyl (C=O) groups excluding carboxylic acids is 1. The standard InChI is InChI=1S/C16H30O/c1-15(2)13-11-9-7-5-6-8-10-12-14(17)16(15,3)4/h5-13H2,1-4H3. The molecule has 1 fully saturated rings. The lowest BCUT2D eigenvalue weighted by Gasteiger charge is -2.41. The van der Waals surface area contributed by atoms with Crippen LogP contribution in [0.25, 0.3) is 0 Å². The molecule has 1 aliphatic carbocycles. The molecule has 0 spiro atoms. The SMILES string of the molecule is CC1(C)CCCCCCCCCC(=O)C1(C)C. The molecule has 0 N–H and O–H groups in total. The Morgan fingerprint density at radius 1 is 0.765 bits per heavy atom. The van der Waals surface area contributed by atoms with Gasteiger partial charge in [-0.3, -0.25) is 4.79 Å². The fourth-order valence-corrected chi connectivity index (χ4v) is 2.74. The van der Waals surface area contributed by atoms with E-state index in [1.165, 1.54) is 44.9 Å². The average molecular weight is 238 g/mol. The second-order valence-corrected chi connectivity index (χ2v) is 6.91. The lowest BCUT2D eigenvalue weighted by Crippen LogP contribution is -2.39. The van der Waals surface area contributed by atoms with Crippen LogP contribution in [0.4, 0.5) is 0 Å². The van der Waals surface area contributed by atoms with Crippen LogP contribution >= 0.6 is 0 Å². The van der Waals surface area contributed by atoms with Crippen LogP contribution in [0.3, 0.4) is 0 Å². The third kappa shape index (κ3) is 3.82. The molecule has 0 saturated heterocycles. The third-order valence-corrected chi connectivity index (χ3v) is 5.09. The number of Topliss-reactive ketones (excluding diaryl/α,β-unsaturated/α-hetero) is 1. The van der Waals surface area contributed by atoms with Gasteiger partial charge < -0.3 is 0 Å². The molecule has 0 aromatic carbocycles. The van der Waals surface area contributed by atoms with E-state index in [0.29, 0.717) is 5.78 Å². The zero-order valence-electron chi connectivity index (χ0n) is 12.3. The van der Waals surface area contributed by atoms with Crippen LogP contribution in [-0.2, 0) is 4.79 Å². The maximum atomic E-state index is 12.4. The van der Waals surface area contributed by atoms with Crippen molar-refractivity contribution in [2.45, 2.75) is 85.5 Å². The Labute approximate surface area is 107 Å². The molecule has 0 aliphatic heterocycles. The number of ketones is 1. The first-order chi connectivity index (χ1) is 7.88. The van der Waals surface area contributed by atoms with E-state index >= 15 is 0 Å². The van der Waals surface area contributed by atoms with Crippen molar-refractivity contribution in [2.24, 2.45) is 10.8 Å². The van der Waals surface area contributed by atoms with Crippen LogP contribution in [0.15, 0.2) is 0 Å². The Hall–Kier alpha value is -0.330. The fourth-order valence-electron chi connectivity index (χ4n) is 2.74. The number of carbonyl (C=O) groups is 1. The quantitative estimate of drug-likeness (QED) is 0.571. The van der Waals surface area contributed by atoms with E-state index < -0.39 is 0 Å². The van der Waals surface area contributed by atoms with E-state index in [1.807, 2.05) is 0 Å². The molecule has 1 heteroatoms. The first-order valence-corrected chi connectivity index (χ1v) is 7.41. The van der Waals surface area contributed by atoms with Crippen LogP contribution in [0, 0.1) is 10.8 Å². The van der Waals surface area contributed by atoms with Crippen molar-refractivity contribution in [1.82, 2.24) is 0 Å². The van der Waals surface area contributed by atoms with Gasteiger partial charge in [0, 0.05) is 11.8 Å². The normalized spacial score (nSPS) is 26.9. The number of hydrogen-bond donors (Lipinski definition) is 0. The highest BCUT2D eigenvalue weighted by Gasteiger charge is 2.41. The molecule has 1 aliphatic rings. The van der Waals surface area contributed by atoms with E-state index in [-0.39, 0.29) is 10.8 Å². The van der Waals surface area contributed by atoms with Gasteiger partial charge in [-0.1, -0.05) is 66.2 Å². The van der Waals surface area contributed by atoms with Crippen molar-refractivity contribution < 1.29 is 4.79 Å². The predicted octanol–water partition coefficient (Wildman–Crippen LogP) is 5.13. The van der Waals surface area contributed by atoms with E-state index in [0.717, 1.165) is 12.8 Å². The van der Waals surface area contributed by atoms with Gasteiger partial charge in [0.15, 0.2) is 0 Å². The molecule has 0 heterocycles. The van der Waals surface area contributed by atoms with Crippen LogP contribution in [0.1, 0.15) is 85.5 Å². The van der Waals surface area contributed by atoms with Gasteiger partial charge >= 0.3 is 0 Å². The largest absolute Gasteiger partial charge is 0.299 e. The summed E-state index contributed by atoms with van der Waals surface area (Å²) in [6.07, 6.45) is 11.0. The summed E-state index contributed by atoms with van der Waals surface area (Å²) in [7, 11) is 0. The smallest absolute Gasteiger partial charge is 0.139 e. The van der Waals surface area contributed by atoms with Gasteiger partial charge in [0.05, 0.1) is 0 Å². The fraction of sp³-hybridized carbons (Fsp3) is 0.938. The monoisotopic (exact) mass is 238 g/mol. The summed E-state index contributed by atoms with van der Waals surface area (Å²) in [6.45, 7) is 8.86. The van der Waals surface area contributed by atoms with Gasteiger partial charge in [-0.05, 0) is 18.3 Å². The summed E-state index contributed by atoms with van der Waals surface area (Å²) >= 11 is 0. The minimum absolute atomic E-state index is 0.142. The van der Waals surface area contributed by atoms with Crippen molar-refractivity contribution in [3.05, 3.63) is 0 Å². The lowest BCUT2D eigenvalue weighted by atomic mass is 9.62. The molecular formula is C16H30O. The molecule has 0 bridgehead atoms. The van der Waals surface area contributed by atoms with Gasteiger partial charge in [0.1, 0.15) is 5.78 Å². The summed E-state index contributed by atoms with van der Waals surface area (Å²) in [4.78, 5) is 12.4. The summed E-state index contributed by atoms with van der Waals surface area (Å²) in [5, 5.41) is 0. The van der Waals surface area contributed by atoms with Crippen molar-refractivity contribution in [1.29, 1.82) is 0 Å². The molecule has 1 saturated carbocycles. The molecule has 17 heavy (non-hydrogen) atoms. The summed E-state index contributed by atoms with van der Waals surface area (Å²) in [5.41, 5.74) is -0.0184. The van der Waals surface area contributed by atoms with E-state index in [4.69, 9.17) is 0 Å². The Morgan fingerprint density at radius 2 is 1.24 bits per heavy atom. The molecule has 0 aromatic heterocycles. The van der Waals surface area contributed by atoms with Gasteiger partial charge in [0.2, 0.25) is 0 Å². The highest BCUT2D eigenvalue weighted by Crippen LogP contribution is 2.44. The van der Waals surface area contributed by atoms with Gasteiger partial charge in [-0.25, -0.2) is 0 Å². The molecule has 0 atom stereocenters. The van der Waals surface area contributed by atoms with Gasteiger partial charge in [-0.15, -0.1) is 0 Å². The third-order valence-electron chi connectivity index (χ3n) is 5.09. The average Bonchev–Trinajstić information content (AvgIpc) is 2.24. The van der Waals surface area contributed by atoms with Crippen LogP contribution in [-0.4, -0.2) is 5.78 Å². The minimum Gasteiger partial charge on any atom is -0.299 e. The topological polar surface area (TPSA) is 17.1 Å². The zero-order chi connectivity index (χ0) is 12.9.